The summed E-state index contributed by atoms with van der Waals surface area (Å²) in [6.45, 7) is 4.95. The van der Waals surface area contributed by atoms with Crippen LogP contribution in [0.5, 0.6) is 0 Å². The number of hydrogen-bond acceptors (Lipinski definition) is 7. The number of amides is 1. The molecule has 1 aliphatic rings. The number of nitrogens with zero attached hydrogens (tertiary/aromatic N) is 3. The Hall–Kier alpha value is -2.20. The van der Waals surface area contributed by atoms with Gasteiger partial charge in [-0.2, -0.15) is 4.31 Å². The van der Waals surface area contributed by atoms with Crippen molar-refractivity contribution < 1.29 is 27.5 Å². The predicted molar refractivity (Wildman–Crippen MR) is 91.7 cm³/mol. The molecule has 1 aromatic rings. The van der Waals surface area contributed by atoms with E-state index in [0.29, 0.717) is 0 Å². The first kappa shape index (κ1) is 20.1. The molecular weight excluding hydrogens is 362 g/mol. The van der Waals surface area contributed by atoms with Gasteiger partial charge in [0.2, 0.25) is 10.0 Å². The number of methoxy groups -OCH3 is 1. The van der Waals surface area contributed by atoms with Crippen molar-refractivity contribution in [3.05, 3.63) is 24.5 Å². The Bertz CT molecular complexity index is 760. The zero-order chi connectivity index (χ0) is 19.5. The van der Waals surface area contributed by atoms with Gasteiger partial charge in [-0.05, 0) is 32.9 Å². The van der Waals surface area contributed by atoms with Gasteiger partial charge in [0.1, 0.15) is 16.5 Å². The van der Waals surface area contributed by atoms with E-state index in [4.69, 9.17) is 9.47 Å². The standard InChI is InChI=1S/C16H23N3O6S/c1-16(2,3)25-15(21)19-9-8-18(11-13(19)14(20)24-4)26(22,23)12-6-5-7-17-10-12/h5-7,10,13H,8-9,11H2,1-4H3/t13-/m1/s1. The van der Waals surface area contributed by atoms with Crippen LogP contribution >= 0.6 is 0 Å². The molecule has 1 amide bonds. The van der Waals surface area contributed by atoms with Gasteiger partial charge in [-0.25, -0.2) is 18.0 Å². The number of ether oxygens (including phenoxy) is 2. The summed E-state index contributed by atoms with van der Waals surface area (Å²) in [6, 6.07) is 1.85. The van der Waals surface area contributed by atoms with Crippen molar-refractivity contribution in [2.24, 2.45) is 0 Å². The number of esters is 1. The molecule has 1 saturated heterocycles. The minimum Gasteiger partial charge on any atom is -0.467 e. The van der Waals surface area contributed by atoms with Gasteiger partial charge in [-0.1, -0.05) is 0 Å². The molecule has 0 radical (unpaired) electrons. The van der Waals surface area contributed by atoms with Crippen molar-refractivity contribution >= 4 is 22.1 Å². The second kappa shape index (κ2) is 7.58. The largest absolute Gasteiger partial charge is 0.467 e. The smallest absolute Gasteiger partial charge is 0.411 e. The third-order valence-corrected chi connectivity index (χ3v) is 5.57. The quantitative estimate of drug-likeness (QED) is 0.711. The van der Waals surface area contributed by atoms with Gasteiger partial charge in [0.15, 0.2) is 0 Å². The number of carbonyl (C=O) groups is 2. The van der Waals surface area contributed by atoms with Crippen molar-refractivity contribution in [3.63, 3.8) is 0 Å². The maximum absolute atomic E-state index is 12.7. The number of piperazine rings is 1. The van der Waals surface area contributed by atoms with E-state index in [2.05, 4.69) is 4.98 Å². The zero-order valence-electron chi connectivity index (χ0n) is 15.2. The Kier molecular flexibility index (Phi) is 5.87. The fraction of sp³-hybridized carbons (Fsp3) is 0.562. The number of aromatic nitrogens is 1. The van der Waals surface area contributed by atoms with Crippen molar-refractivity contribution in [2.75, 3.05) is 26.7 Å². The number of sulfonamides is 1. The maximum Gasteiger partial charge on any atom is 0.411 e. The third kappa shape index (κ3) is 4.50. The predicted octanol–water partition coefficient (Wildman–Crippen LogP) is 0.865. The molecule has 1 fully saturated rings. The summed E-state index contributed by atoms with van der Waals surface area (Å²) in [4.78, 5) is 29.6. The molecule has 9 nitrogen and oxygen atoms in total. The molecule has 0 unspecified atom stereocenters. The molecule has 0 saturated carbocycles. The fourth-order valence-electron chi connectivity index (χ4n) is 2.50. The highest BCUT2D eigenvalue weighted by Crippen LogP contribution is 2.22. The lowest BCUT2D eigenvalue weighted by Crippen LogP contribution is -2.60. The van der Waals surface area contributed by atoms with Crippen molar-refractivity contribution in [2.45, 2.75) is 37.3 Å². The monoisotopic (exact) mass is 385 g/mol. The summed E-state index contributed by atoms with van der Waals surface area (Å²) in [5.74, 6) is -0.707. The van der Waals surface area contributed by atoms with Gasteiger partial charge in [0, 0.05) is 32.0 Å². The average Bonchev–Trinajstić information content (AvgIpc) is 2.59. The lowest BCUT2D eigenvalue weighted by Gasteiger charge is -2.39. The molecule has 144 valence electrons. The number of rotatable bonds is 3. The first-order valence-electron chi connectivity index (χ1n) is 8.04. The van der Waals surface area contributed by atoms with Crippen LogP contribution in [0.15, 0.2) is 29.4 Å². The van der Waals surface area contributed by atoms with Crippen LogP contribution in [-0.4, -0.2) is 73.1 Å². The van der Waals surface area contributed by atoms with Crippen LogP contribution in [0.1, 0.15) is 20.8 Å². The molecule has 0 N–H and O–H groups in total. The van der Waals surface area contributed by atoms with Crippen LogP contribution in [0.4, 0.5) is 4.79 Å². The topological polar surface area (TPSA) is 106 Å². The Morgan fingerprint density at radius 2 is 1.96 bits per heavy atom. The molecule has 26 heavy (non-hydrogen) atoms. The van der Waals surface area contributed by atoms with Crippen LogP contribution in [0.3, 0.4) is 0 Å². The van der Waals surface area contributed by atoms with Gasteiger partial charge in [-0.15, -0.1) is 0 Å². The molecule has 1 aromatic heterocycles. The molecular formula is C16H23N3O6S. The summed E-state index contributed by atoms with van der Waals surface area (Å²) in [7, 11) is -2.65. The van der Waals surface area contributed by atoms with Crippen LogP contribution in [0, 0.1) is 0 Å². The van der Waals surface area contributed by atoms with Crippen LogP contribution < -0.4 is 0 Å². The Labute approximate surface area is 152 Å². The Morgan fingerprint density at radius 3 is 2.50 bits per heavy atom. The van der Waals surface area contributed by atoms with Gasteiger partial charge < -0.3 is 9.47 Å². The molecule has 10 heteroatoms. The summed E-state index contributed by atoms with van der Waals surface area (Å²) in [6.07, 6.45) is 2.02. The van der Waals surface area contributed by atoms with E-state index in [1.54, 1.807) is 20.8 Å². The lowest BCUT2D eigenvalue weighted by atomic mass is 10.2. The molecule has 1 atom stereocenters. The molecule has 1 aliphatic heterocycles. The van der Waals surface area contributed by atoms with Crippen molar-refractivity contribution in [3.8, 4) is 0 Å². The van der Waals surface area contributed by atoms with Crippen LogP contribution in [0.2, 0.25) is 0 Å². The van der Waals surface area contributed by atoms with Crippen LogP contribution in [0.25, 0.3) is 0 Å². The van der Waals surface area contributed by atoms with E-state index in [0.717, 1.165) is 4.31 Å². The fourth-order valence-corrected chi connectivity index (χ4v) is 3.90. The molecule has 0 aliphatic carbocycles. The Morgan fingerprint density at radius 1 is 1.27 bits per heavy atom. The summed E-state index contributed by atoms with van der Waals surface area (Å²) >= 11 is 0. The second-order valence-corrected chi connectivity index (χ2v) is 8.70. The van der Waals surface area contributed by atoms with Crippen LogP contribution in [-0.2, 0) is 24.3 Å². The highest BCUT2D eigenvalue weighted by atomic mass is 32.2. The van der Waals surface area contributed by atoms with E-state index in [-0.39, 0.29) is 24.5 Å². The van der Waals surface area contributed by atoms with Gasteiger partial charge >= 0.3 is 12.1 Å². The first-order chi connectivity index (χ1) is 12.1. The van der Waals surface area contributed by atoms with Gasteiger partial charge in [0.05, 0.1) is 7.11 Å². The SMILES string of the molecule is COC(=O)[C@H]1CN(S(=O)(=O)c2cccnc2)CCN1C(=O)OC(C)(C)C. The minimum absolute atomic E-state index is 0.00811. The maximum atomic E-state index is 12.7. The number of pyridine rings is 1. The minimum atomic E-state index is -3.84. The molecule has 0 spiro atoms. The Balaban J connectivity index is 2.25. The van der Waals surface area contributed by atoms with Gasteiger partial charge in [0.25, 0.3) is 0 Å². The van der Waals surface area contributed by atoms with Crippen molar-refractivity contribution in [1.29, 1.82) is 0 Å². The van der Waals surface area contributed by atoms with E-state index in [1.807, 2.05) is 0 Å². The highest BCUT2D eigenvalue weighted by Gasteiger charge is 2.42. The van der Waals surface area contributed by atoms with E-state index in [9.17, 15) is 18.0 Å². The molecule has 0 bridgehead atoms. The number of hydrogen-bond donors (Lipinski definition) is 0. The normalized spacial score (nSPS) is 19.1. The van der Waals surface area contributed by atoms with Gasteiger partial charge in [-0.3, -0.25) is 9.88 Å². The lowest BCUT2D eigenvalue weighted by molar-refractivity contribution is -0.148. The van der Waals surface area contributed by atoms with E-state index in [1.165, 1.54) is 36.5 Å². The summed E-state index contributed by atoms with van der Waals surface area (Å²) < 4.78 is 36.7. The highest BCUT2D eigenvalue weighted by molar-refractivity contribution is 7.89. The third-order valence-electron chi connectivity index (χ3n) is 3.72. The first-order valence-corrected chi connectivity index (χ1v) is 9.48. The molecule has 0 aromatic carbocycles. The second-order valence-electron chi connectivity index (χ2n) is 6.76. The van der Waals surface area contributed by atoms with E-state index < -0.39 is 33.7 Å². The zero-order valence-corrected chi connectivity index (χ0v) is 16.0. The average molecular weight is 385 g/mol. The summed E-state index contributed by atoms with van der Waals surface area (Å²) in [5, 5.41) is 0. The van der Waals surface area contributed by atoms with E-state index >= 15 is 0 Å². The van der Waals surface area contributed by atoms with Crippen molar-refractivity contribution in [1.82, 2.24) is 14.2 Å². The number of carbonyl (C=O) groups excluding carboxylic acids is 2. The molecule has 2 heterocycles. The summed E-state index contributed by atoms with van der Waals surface area (Å²) in [5.41, 5.74) is -0.739. The molecule has 2 rings (SSSR count).